The zero-order valence-corrected chi connectivity index (χ0v) is 11.7. The molecule has 0 fully saturated rings. The SMILES string of the molecule is CCC(Nc1cccc(Cl)c1Br)C(C)C. The van der Waals surface area contributed by atoms with Gasteiger partial charge in [0, 0.05) is 6.04 Å². The second-order valence-corrected chi connectivity index (χ2v) is 5.20. The summed E-state index contributed by atoms with van der Waals surface area (Å²) in [5, 5.41) is 4.25. The van der Waals surface area contributed by atoms with Crippen molar-refractivity contribution >= 4 is 33.2 Å². The van der Waals surface area contributed by atoms with E-state index < -0.39 is 0 Å². The second kappa shape index (κ2) is 5.76. The maximum atomic E-state index is 6.03. The molecule has 0 aromatic heterocycles. The lowest BCUT2D eigenvalue weighted by molar-refractivity contribution is 0.511. The lowest BCUT2D eigenvalue weighted by atomic mass is 10.0. The summed E-state index contributed by atoms with van der Waals surface area (Å²) in [6.45, 7) is 6.63. The first-order chi connectivity index (χ1) is 7.06. The summed E-state index contributed by atoms with van der Waals surface area (Å²) >= 11 is 9.53. The molecule has 1 atom stereocenters. The Morgan fingerprint density at radius 1 is 1.40 bits per heavy atom. The minimum atomic E-state index is 0.486. The van der Waals surface area contributed by atoms with Gasteiger partial charge in [-0.15, -0.1) is 0 Å². The van der Waals surface area contributed by atoms with E-state index in [1.54, 1.807) is 0 Å². The Kier molecular flexibility index (Phi) is 4.94. The average Bonchev–Trinajstić information content (AvgIpc) is 2.19. The van der Waals surface area contributed by atoms with Crippen molar-refractivity contribution in [3.63, 3.8) is 0 Å². The van der Waals surface area contributed by atoms with Gasteiger partial charge in [0.15, 0.2) is 0 Å². The summed E-state index contributed by atoms with van der Waals surface area (Å²) in [6.07, 6.45) is 1.11. The Labute approximate surface area is 105 Å². The van der Waals surface area contributed by atoms with Crippen LogP contribution in [0, 0.1) is 5.92 Å². The molecule has 3 heteroatoms. The van der Waals surface area contributed by atoms with Crippen molar-refractivity contribution in [2.45, 2.75) is 33.2 Å². The molecule has 0 bridgehead atoms. The monoisotopic (exact) mass is 289 g/mol. The van der Waals surface area contributed by atoms with Crippen LogP contribution in [0.15, 0.2) is 22.7 Å². The maximum absolute atomic E-state index is 6.03. The minimum absolute atomic E-state index is 0.486. The highest BCUT2D eigenvalue weighted by Crippen LogP contribution is 2.31. The molecule has 84 valence electrons. The highest BCUT2D eigenvalue weighted by Gasteiger charge is 2.12. The Balaban J connectivity index is 2.84. The lowest BCUT2D eigenvalue weighted by Gasteiger charge is -2.23. The minimum Gasteiger partial charge on any atom is -0.381 e. The van der Waals surface area contributed by atoms with Crippen LogP contribution in [0.25, 0.3) is 0 Å². The number of anilines is 1. The first-order valence-corrected chi connectivity index (χ1v) is 6.44. The molecule has 0 amide bonds. The fourth-order valence-electron chi connectivity index (χ4n) is 1.56. The normalized spacial score (nSPS) is 12.9. The average molecular weight is 291 g/mol. The third-order valence-corrected chi connectivity index (χ3v) is 3.93. The molecule has 1 nitrogen and oxygen atoms in total. The molecule has 1 N–H and O–H groups in total. The summed E-state index contributed by atoms with van der Waals surface area (Å²) < 4.78 is 0.950. The second-order valence-electron chi connectivity index (χ2n) is 4.00. The molecule has 0 aliphatic rings. The summed E-state index contributed by atoms with van der Waals surface area (Å²) in [5.74, 6) is 0.612. The fraction of sp³-hybridized carbons (Fsp3) is 0.500. The first-order valence-electron chi connectivity index (χ1n) is 5.26. The number of benzene rings is 1. The van der Waals surface area contributed by atoms with E-state index in [1.165, 1.54) is 0 Å². The van der Waals surface area contributed by atoms with E-state index in [4.69, 9.17) is 11.6 Å². The summed E-state index contributed by atoms with van der Waals surface area (Å²) in [6, 6.07) is 6.37. The van der Waals surface area contributed by atoms with Gasteiger partial charge < -0.3 is 5.32 Å². The quantitative estimate of drug-likeness (QED) is 0.827. The fourth-order valence-corrected chi connectivity index (χ4v) is 2.11. The van der Waals surface area contributed by atoms with E-state index in [1.807, 2.05) is 18.2 Å². The number of rotatable bonds is 4. The van der Waals surface area contributed by atoms with Crippen LogP contribution in [-0.4, -0.2) is 6.04 Å². The Bertz CT molecular complexity index is 325. The third-order valence-electron chi connectivity index (χ3n) is 2.54. The zero-order chi connectivity index (χ0) is 11.4. The van der Waals surface area contributed by atoms with Gasteiger partial charge in [0.05, 0.1) is 15.2 Å². The van der Waals surface area contributed by atoms with Gasteiger partial charge in [0.25, 0.3) is 0 Å². The maximum Gasteiger partial charge on any atom is 0.0593 e. The van der Waals surface area contributed by atoms with E-state index in [-0.39, 0.29) is 0 Å². The van der Waals surface area contributed by atoms with Crippen LogP contribution >= 0.6 is 27.5 Å². The molecule has 1 aromatic carbocycles. The van der Waals surface area contributed by atoms with Gasteiger partial charge in [-0.25, -0.2) is 0 Å². The van der Waals surface area contributed by atoms with Crippen molar-refractivity contribution in [1.29, 1.82) is 0 Å². The Morgan fingerprint density at radius 2 is 2.07 bits per heavy atom. The van der Waals surface area contributed by atoms with Crippen LogP contribution in [0.5, 0.6) is 0 Å². The molecule has 0 saturated heterocycles. The van der Waals surface area contributed by atoms with Crippen molar-refractivity contribution < 1.29 is 0 Å². The van der Waals surface area contributed by atoms with E-state index in [0.29, 0.717) is 12.0 Å². The van der Waals surface area contributed by atoms with E-state index in [2.05, 4.69) is 42.0 Å². The van der Waals surface area contributed by atoms with Gasteiger partial charge in [0.2, 0.25) is 0 Å². The van der Waals surface area contributed by atoms with E-state index in [9.17, 15) is 0 Å². The van der Waals surface area contributed by atoms with Crippen molar-refractivity contribution in [2.75, 3.05) is 5.32 Å². The van der Waals surface area contributed by atoms with E-state index >= 15 is 0 Å². The molecule has 0 spiro atoms. The van der Waals surface area contributed by atoms with Crippen LogP contribution < -0.4 is 5.32 Å². The zero-order valence-electron chi connectivity index (χ0n) is 9.35. The number of hydrogen-bond acceptors (Lipinski definition) is 1. The van der Waals surface area contributed by atoms with Gasteiger partial charge in [-0.1, -0.05) is 38.4 Å². The largest absolute Gasteiger partial charge is 0.381 e. The molecular weight excluding hydrogens is 273 g/mol. The van der Waals surface area contributed by atoms with Gasteiger partial charge in [-0.05, 0) is 40.4 Å². The van der Waals surface area contributed by atoms with Crippen LogP contribution in [0.4, 0.5) is 5.69 Å². The lowest BCUT2D eigenvalue weighted by Crippen LogP contribution is -2.24. The molecule has 1 aromatic rings. The summed E-state index contributed by atoms with van der Waals surface area (Å²) in [4.78, 5) is 0. The van der Waals surface area contributed by atoms with Crippen LogP contribution in [0.2, 0.25) is 5.02 Å². The van der Waals surface area contributed by atoms with Crippen molar-refractivity contribution in [3.8, 4) is 0 Å². The van der Waals surface area contributed by atoms with Gasteiger partial charge >= 0.3 is 0 Å². The predicted octanol–water partition coefficient (Wildman–Crippen LogP) is 4.95. The van der Waals surface area contributed by atoms with Crippen molar-refractivity contribution in [3.05, 3.63) is 27.7 Å². The topological polar surface area (TPSA) is 12.0 Å². The standard InChI is InChI=1S/C12H17BrClN/c1-4-10(8(2)3)15-11-7-5-6-9(14)12(11)13/h5-8,10,15H,4H2,1-3H3. The summed E-state index contributed by atoms with van der Waals surface area (Å²) in [5.41, 5.74) is 1.07. The van der Waals surface area contributed by atoms with Crippen LogP contribution in [0.3, 0.4) is 0 Å². The van der Waals surface area contributed by atoms with E-state index in [0.717, 1.165) is 21.6 Å². The van der Waals surface area contributed by atoms with Crippen LogP contribution in [-0.2, 0) is 0 Å². The highest BCUT2D eigenvalue weighted by atomic mass is 79.9. The molecule has 0 heterocycles. The van der Waals surface area contributed by atoms with Gasteiger partial charge in [0.1, 0.15) is 0 Å². The third kappa shape index (κ3) is 3.39. The molecule has 1 rings (SSSR count). The molecule has 0 radical (unpaired) electrons. The molecular formula is C12H17BrClN. The molecule has 0 aliphatic carbocycles. The van der Waals surface area contributed by atoms with Gasteiger partial charge in [-0.3, -0.25) is 0 Å². The number of halogens is 2. The van der Waals surface area contributed by atoms with Crippen molar-refractivity contribution in [2.24, 2.45) is 5.92 Å². The highest BCUT2D eigenvalue weighted by molar-refractivity contribution is 9.10. The summed E-state index contributed by atoms with van der Waals surface area (Å²) in [7, 11) is 0. The van der Waals surface area contributed by atoms with Gasteiger partial charge in [-0.2, -0.15) is 0 Å². The smallest absolute Gasteiger partial charge is 0.0593 e. The first kappa shape index (κ1) is 12.9. The number of nitrogens with one attached hydrogen (secondary N) is 1. The predicted molar refractivity (Wildman–Crippen MR) is 71.7 cm³/mol. The molecule has 0 saturated carbocycles. The van der Waals surface area contributed by atoms with Crippen molar-refractivity contribution in [1.82, 2.24) is 0 Å². The Hall–Kier alpha value is -0.210. The van der Waals surface area contributed by atoms with Crippen LogP contribution in [0.1, 0.15) is 27.2 Å². The molecule has 1 unspecified atom stereocenters. The molecule has 0 aliphatic heterocycles. The number of hydrogen-bond donors (Lipinski definition) is 1. The Morgan fingerprint density at radius 3 is 2.60 bits per heavy atom. The molecule has 15 heavy (non-hydrogen) atoms.